The number of fused-ring (bicyclic) bond motifs is 2. The maximum absolute atomic E-state index is 13.2. The van der Waals surface area contributed by atoms with Crippen molar-refractivity contribution in [2.45, 2.75) is 75.9 Å². The first-order valence-electron chi connectivity index (χ1n) is 11.9. The normalized spacial score (nSPS) is 22.1. The van der Waals surface area contributed by atoms with Crippen molar-refractivity contribution in [3.8, 4) is 0 Å². The van der Waals surface area contributed by atoms with E-state index in [2.05, 4.69) is 49.1 Å². The van der Waals surface area contributed by atoms with Gasteiger partial charge in [0.15, 0.2) is 11.7 Å². The maximum Gasteiger partial charge on any atom is 0.248 e. The third kappa shape index (κ3) is 10.6. The summed E-state index contributed by atoms with van der Waals surface area (Å²) in [6.07, 6.45) is 4.32. The molecule has 1 aliphatic heterocycles. The molecular weight excluding hydrogens is 537 g/mol. The first kappa shape index (κ1) is 31.0. The van der Waals surface area contributed by atoms with Crippen LogP contribution in [0.25, 0.3) is 0 Å². The van der Waals surface area contributed by atoms with Gasteiger partial charge >= 0.3 is 0 Å². The lowest BCUT2D eigenvalue weighted by atomic mass is 10.0. The van der Waals surface area contributed by atoms with Crippen LogP contribution in [-0.2, 0) is 32.1 Å². The van der Waals surface area contributed by atoms with E-state index in [9.17, 15) is 19.2 Å². The molecule has 0 saturated carbocycles. The van der Waals surface area contributed by atoms with Crippen molar-refractivity contribution in [3.63, 3.8) is 0 Å². The Balaban J connectivity index is 2.19. The second kappa shape index (κ2) is 15.2. The Morgan fingerprint density at radius 1 is 1.27 bits per heavy atom. The number of nitrogens with one attached hydrogen (secondary N) is 3. The Kier molecular flexibility index (Phi) is 12.7. The van der Waals surface area contributed by atoms with Gasteiger partial charge in [-0.1, -0.05) is 5.21 Å². The fourth-order valence-corrected chi connectivity index (χ4v) is 5.55. The number of carbonyl (C=O) groups excluding carboxylic acids is 4. The lowest BCUT2D eigenvalue weighted by molar-refractivity contribution is -0.132. The number of Topliss-reactive ketones (excluding diaryl/α,β-unsaturated/α-hetero) is 1. The standard InChI is InChI=1S/C20H37N10O4P3/c1-11(31)14(6-4-7-24-20(22)23)25-17(33)15-5-2-3-8-30-10-12(28-29-30)9-13(21)16(32)27-19(37(35)36)18(34)26-15/h10,13-15,19H,2-9,21,35-36H2,1H3,(H,25,33)(H,26,34)(H,27,32)(H4,22,23,24). The molecule has 0 aliphatic carbocycles. The molecule has 1 aliphatic rings. The number of rotatable bonds is 8. The van der Waals surface area contributed by atoms with E-state index in [0.717, 1.165) is 0 Å². The zero-order chi connectivity index (χ0) is 27.5. The molecule has 37 heavy (non-hydrogen) atoms. The summed E-state index contributed by atoms with van der Waals surface area (Å²) in [6, 6.07) is -2.59. The van der Waals surface area contributed by atoms with Gasteiger partial charge in [-0.3, -0.25) is 28.9 Å². The van der Waals surface area contributed by atoms with Gasteiger partial charge < -0.3 is 33.2 Å². The summed E-state index contributed by atoms with van der Waals surface area (Å²) in [6.45, 7) is 2.25. The fraction of sp³-hybridized carbons (Fsp3) is 0.650. The first-order chi connectivity index (χ1) is 17.5. The van der Waals surface area contributed by atoms with Crippen molar-refractivity contribution >= 4 is 54.6 Å². The smallest absolute Gasteiger partial charge is 0.248 e. The number of aliphatic imine (C=N–C) groups is 1. The van der Waals surface area contributed by atoms with Crippen LogP contribution in [0.3, 0.4) is 0 Å². The van der Waals surface area contributed by atoms with Gasteiger partial charge in [-0.25, -0.2) is 0 Å². The number of guanidine groups is 1. The van der Waals surface area contributed by atoms with E-state index < -0.39 is 48.9 Å². The molecule has 9 N–H and O–H groups in total. The van der Waals surface area contributed by atoms with E-state index in [1.54, 1.807) is 10.9 Å². The Morgan fingerprint density at radius 3 is 2.65 bits per heavy atom. The maximum atomic E-state index is 13.2. The van der Waals surface area contributed by atoms with Gasteiger partial charge in [0.1, 0.15) is 11.8 Å². The number of aryl methyl sites for hydroxylation is 1. The second-order valence-electron chi connectivity index (χ2n) is 8.82. The molecule has 6 atom stereocenters. The molecule has 1 aromatic rings. The molecule has 17 heteroatoms. The van der Waals surface area contributed by atoms with Crippen LogP contribution in [0.2, 0.25) is 0 Å². The lowest BCUT2D eigenvalue weighted by Gasteiger charge is -2.27. The molecule has 2 rings (SSSR count). The molecule has 0 saturated heterocycles. The summed E-state index contributed by atoms with van der Waals surface area (Å²) in [7, 11) is 3.90. The van der Waals surface area contributed by atoms with Gasteiger partial charge in [0.05, 0.1) is 17.8 Å². The van der Waals surface area contributed by atoms with Gasteiger partial charge in [0.2, 0.25) is 17.7 Å². The second-order valence-corrected chi connectivity index (χ2v) is 15.6. The molecule has 0 fully saturated rings. The molecule has 14 nitrogen and oxygen atoms in total. The number of amides is 3. The van der Waals surface area contributed by atoms with Crippen molar-refractivity contribution in [1.29, 1.82) is 0 Å². The van der Waals surface area contributed by atoms with Crippen LogP contribution in [0.4, 0.5) is 0 Å². The first-order valence-corrected chi connectivity index (χ1v) is 16.5. The number of carbonyl (C=O) groups is 4. The van der Waals surface area contributed by atoms with Crippen molar-refractivity contribution in [2.75, 3.05) is 6.54 Å². The van der Waals surface area contributed by atoms with Crippen LogP contribution >= 0.6 is 25.2 Å². The minimum absolute atomic E-state index is 0.0468. The highest BCUT2D eigenvalue weighted by molar-refractivity contribution is 8.43. The summed E-state index contributed by atoms with van der Waals surface area (Å²) in [4.78, 5) is 55.1. The Hall–Kier alpha value is -2.26. The molecule has 206 valence electrons. The van der Waals surface area contributed by atoms with E-state index >= 15 is 0 Å². The average Bonchev–Trinajstić information content (AvgIpc) is 3.26. The monoisotopic (exact) mass is 574 g/mol. The predicted molar refractivity (Wildman–Crippen MR) is 148 cm³/mol. The highest BCUT2D eigenvalue weighted by Crippen LogP contribution is 2.56. The van der Waals surface area contributed by atoms with Gasteiger partial charge in [-0.15, -0.1) is 23.0 Å². The van der Waals surface area contributed by atoms with Crippen LogP contribution in [0.5, 0.6) is 0 Å². The van der Waals surface area contributed by atoms with Gasteiger partial charge in [-0.2, -0.15) is 0 Å². The van der Waals surface area contributed by atoms with E-state index in [4.69, 9.17) is 17.2 Å². The van der Waals surface area contributed by atoms with E-state index in [1.165, 1.54) is 6.92 Å². The zero-order valence-corrected chi connectivity index (χ0v) is 24.0. The highest BCUT2D eigenvalue weighted by Gasteiger charge is 2.31. The van der Waals surface area contributed by atoms with Crippen molar-refractivity contribution < 1.29 is 19.2 Å². The van der Waals surface area contributed by atoms with Gasteiger partial charge in [0.25, 0.3) is 0 Å². The Bertz CT molecular complexity index is 985. The molecule has 0 spiro atoms. The van der Waals surface area contributed by atoms with Crippen molar-refractivity contribution in [3.05, 3.63) is 11.9 Å². The zero-order valence-electron chi connectivity index (χ0n) is 20.8. The predicted octanol–water partition coefficient (Wildman–Crippen LogP) is -1.55. The fourth-order valence-electron chi connectivity index (χ4n) is 3.67. The average molecular weight is 575 g/mol. The quantitative estimate of drug-likeness (QED) is 0.0913. The topological polar surface area (TPSA) is 225 Å². The lowest BCUT2D eigenvalue weighted by Crippen LogP contribution is -2.56. The van der Waals surface area contributed by atoms with Gasteiger partial charge in [-0.05, 0) is 46.3 Å². The van der Waals surface area contributed by atoms with Crippen LogP contribution in [0.15, 0.2) is 11.2 Å². The molecular formula is C20H37N10O4P3. The number of ketones is 1. The molecule has 6 unspecified atom stereocenters. The minimum Gasteiger partial charge on any atom is -0.370 e. The van der Waals surface area contributed by atoms with Crippen LogP contribution < -0.4 is 33.2 Å². The summed E-state index contributed by atoms with van der Waals surface area (Å²) in [5.74, 6) is -2.69. The molecule has 1 aromatic heterocycles. The molecule has 2 bridgehead atoms. The minimum atomic E-state index is -1.12. The third-order valence-corrected chi connectivity index (χ3v) is 8.44. The number of nitrogens with zero attached hydrogens (tertiary/aromatic N) is 4. The van der Waals surface area contributed by atoms with E-state index in [-0.39, 0.29) is 18.2 Å². The van der Waals surface area contributed by atoms with Crippen LogP contribution in [-0.4, -0.2) is 74.9 Å². The summed E-state index contributed by atoms with van der Waals surface area (Å²) in [5, 5.41) is 16.3. The van der Waals surface area contributed by atoms with Crippen molar-refractivity contribution in [2.24, 2.45) is 22.2 Å². The SMILES string of the molecule is CC(=O)C(CCCN=C(N)N)NC(=O)C1CCCCn2cc(nn2)CC(N)C(=O)NC(P(P)P)C(=O)N1. The highest BCUT2D eigenvalue weighted by atomic mass is 32.4. The summed E-state index contributed by atoms with van der Waals surface area (Å²) in [5.41, 5.74) is 17.3. The van der Waals surface area contributed by atoms with Gasteiger partial charge in [0, 0.05) is 25.7 Å². The molecule has 3 amide bonds. The number of hydrogen-bond acceptors (Lipinski definition) is 8. The molecule has 2 heterocycles. The number of nitrogens with two attached hydrogens (primary N) is 3. The van der Waals surface area contributed by atoms with E-state index in [1.807, 2.05) is 0 Å². The molecule has 0 radical (unpaired) electrons. The Labute approximate surface area is 221 Å². The van der Waals surface area contributed by atoms with Crippen LogP contribution in [0, 0.1) is 0 Å². The number of aromatic nitrogens is 3. The van der Waals surface area contributed by atoms with E-state index in [0.29, 0.717) is 50.9 Å². The molecule has 0 aromatic carbocycles. The number of hydrogen-bond donors (Lipinski definition) is 6. The summed E-state index contributed by atoms with van der Waals surface area (Å²) < 4.78 is 1.66. The Morgan fingerprint density at radius 2 is 2.00 bits per heavy atom. The van der Waals surface area contributed by atoms with Crippen LogP contribution in [0.1, 0.15) is 44.7 Å². The third-order valence-electron chi connectivity index (χ3n) is 5.69. The largest absolute Gasteiger partial charge is 0.370 e. The van der Waals surface area contributed by atoms with Crippen molar-refractivity contribution in [1.82, 2.24) is 30.9 Å². The summed E-state index contributed by atoms with van der Waals surface area (Å²) >= 11 is 0.